The molecule has 0 saturated carbocycles. The Hall–Kier alpha value is -2.27. The van der Waals surface area contributed by atoms with E-state index in [2.05, 4.69) is 23.7 Å². The second-order valence-corrected chi connectivity index (χ2v) is 7.01. The maximum Gasteiger partial charge on any atom is 0.336 e. The van der Waals surface area contributed by atoms with Crippen molar-refractivity contribution in [3.8, 4) is 11.3 Å². The van der Waals surface area contributed by atoms with Crippen molar-refractivity contribution < 1.29 is 9.90 Å². The molecule has 1 fully saturated rings. The molecular formula is C20H25N3O2. The molecule has 0 atom stereocenters. The third-order valence-electron chi connectivity index (χ3n) is 4.93. The van der Waals surface area contributed by atoms with E-state index in [-0.39, 0.29) is 5.56 Å². The maximum absolute atomic E-state index is 11.5. The van der Waals surface area contributed by atoms with Crippen molar-refractivity contribution in [3.63, 3.8) is 0 Å². The van der Waals surface area contributed by atoms with Crippen LogP contribution in [0.3, 0.4) is 0 Å². The predicted molar refractivity (Wildman–Crippen MR) is 97.8 cm³/mol. The molecule has 0 unspecified atom stereocenters. The molecule has 2 aromatic rings. The Bertz CT molecular complexity index is 765. The molecule has 3 rings (SSSR count). The number of rotatable bonds is 4. The zero-order valence-corrected chi connectivity index (χ0v) is 15.1. The normalized spacial score (nSPS) is 16.3. The third-order valence-corrected chi connectivity index (χ3v) is 4.93. The number of benzene rings is 1. The first-order valence-corrected chi connectivity index (χ1v) is 8.88. The standard InChI is InChI=1S/C20H25N3O2/c1-13(2)23-10-8-15(9-11-23)19-21-14(3)12-18(22-19)16-6-4-5-7-17(16)20(24)25/h4-7,12-13,15H,8-11H2,1-3H3,(H,24,25). The lowest BCUT2D eigenvalue weighted by Gasteiger charge is -2.34. The van der Waals surface area contributed by atoms with E-state index in [0.717, 1.165) is 37.4 Å². The van der Waals surface area contributed by atoms with Crippen LogP contribution >= 0.6 is 0 Å². The topological polar surface area (TPSA) is 66.3 Å². The number of aryl methyl sites for hydroxylation is 1. The molecule has 5 heteroatoms. The molecule has 0 bridgehead atoms. The molecule has 132 valence electrons. The fourth-order valence-corrected chi connectivity index (χ4v) is 3.48. The number of aromatic nitrogens is 2. The van der Waals surface area contributed by atoms with Gasteiger partial charge in [-0.3, -0.25) is 0 Å². The fraction of sp³-hybridized carbons (Fsp3) is 0.450. The lowest BCUT2D eigenvalue weighted by Crippen LogP contribution is -2.38. The molecule has 0 spiro atoms. The van der Waals surface area contributed by atoms with Crippen LogP contribution in [0.15, 0.2) is 30.3 Å². The molecule has 1 aliphatic rings. The summed E-state index contributed by atoms with van der Waals surface area (Å²) in [5.74, 6) is 0.253. The van der Waals surface area contributed by atoms with Crippen LogP contribution in [0.1, 0.15) is 54.5 Å². The predicted octanol–water partition coefficient (Wildman–Crippen LogP) is 3.74. The van der Waals surface area contributed by atoms with E-state index in [4.69, 9.17) is 4.98 Å². The summed E-state index contributed by atoms with van der Waals surface area (Å²) in [6, 6.07) is 9.46. The minimum Gasteiger partial charge on any atom is -0.478 e. The minimum atomic E-state index is -0.932. The van der Waals surface area contributed by atoms with Crippen LogP contribution in [0.2, 0.25) is 0 Å². The molecule has 1 aromatic carbocycles. The van der Waals surface area contributed by atoms with Gasteiger partial charge in [0.05, 0.1) is 11.3 Å². The SMILES string of the molecule is Cc1cc(-c2ccccc2C(=O)O)nc(C2CCN(C(C)C)CC2)n1. The summed E-state index contributed by atoms with van der Waals surface area (Å²) in [4.78, 5) is 23.4. The monoisotopic (exact) mass is 339 g/mol. The van der Waals surface area contributed by atoms with Crippen molar-refractivity contribution in [1.29, 1.82) is 0 Å². The highest BCUT2D eigenvalue weighted by atomic mass is 16.4. The molecule has 25 heavy (non-hydrogen) atoms. The van der Waals surface area contributed by atoms with Crippen LogP contribution in [0.5, 0.6) is 0 Å². The van der Waals surface area contributed by atoms with E-state index in [1.165, 1.54) is 0 Å². The number of carbonyl (C=O) groups is 1. The average molecular weight is 339 g/mol. The molecular weight excluding hydrogens is 314 g/mol. The van der Waals surface area contributed by atoms with Crippen molar-refractivity contribution in [3.05, 3.63) is 47.4 Å². The highest BCUT2D eigenvalue weighted by Crippen LogP contribution is 2.29. The van der Waals surface area contributed by atoms with Crippen LogP contribution in [0, 0.1) is 6.92 Å². The van der Waals surface area contributed by atoms with Crippen molar-refractivity contribution in [2.45, 2.75) is 45.6 Å². The summed E-state index contributed by atoms with van der Waals surface area (Å²) in [5.41, 5.74) is 2.51. The quantitative estimate of drug-likeness (QED) is 0.919. The van der Waals surface area contributed by atoms with Gasteiger partial charge in [-0.25, -0.2) is 14.8 Å². The summed E-state index contributed by atoms with van der Waals surface area (Å²) in [5, 5.41) is 9.45. The van der Waals surface area contributed by atoms with Crippen LogP contribution in [-0.4, -0.2) is 45.1 Å². The lowest BCUT2D eigenvalue weighted by molar-refractivity contribution is 0.0697. The summed E-state index contributed by atoms with van der Waals surface area (Å²) in [6.45, 7) is 8.51. The minimum absolute atomic E-state index is 0.279. The van der Waals surface area contributed by atoms with Gasteiger partial charge in [-0.2, -0.15) is 0 Å². The number of nitrogens with zero attached hydrogens (tertiary/aromatic N) is 3. The second-order valence-electron chi connectivity index (χ2n) is 7.01. The van der Waals surface area contributed by atoms with E-state index in [0.29, 0.717) is 23.2 Å². The van der Waals surface area contributed by atoms with Gasteiger partial charge in [0.2, 0.25) is 0 Å². The first-order chi connectivity index (χ1) is 12.0. The maximum atomic E-state index is 11.5. The highest BCUT2D eigenvalue weighted by molar-refractivity contribution is 5.95. The van der Waals surface area contributed by atoms with E-state index in [1.54, 1.807) is 12.1 Å². The van der Waals surface area contributed by atoms with Gasteiger partial charge < -0.3 is 10.0 Å². The van der Waals surface area contributed by atoms with Gasteiger partial charge in [-0.1, -0.05) is 18.2 Å². The number of piperidine rings is 1. The summed E-state index contributed by atoms with van der Waals surface area (Å²) >= 11 is 0. The average Bonchev–Trinajstić information content (AvgIpc) is 2.61. The van der Waals surface area contributed by atoms with Crippen LogP contribution in [-0.2, 0) is 0 Å². The number of hydrogen-bond acceptors (Lipinski definition) is 4. The van der Waals surface area contributed by atoms with Gasteiger partial charge in [0.1, 0.15) is 5.82 Å². The van der Waals surface area contributed by atoms with Gasteiger partial charge in [0.15, 0.2) is 0 Å². The summed E-state index contributed by atoms with van der Waals surface area (Å²) in [7, 11) is 0. The molecule has 1 aromatic heterocycles. The largest absolute Gasteiger partial charge is 0.478 e. The van der Waals surface area contributed by atoms with Crippen molar-refractivity contribution in [1.82, 2.24) is 14.9 Å². The van der Waals surface area contributed by atoms with Crippen LogP contribution < -0.4 is 0 Å². The van der Waals surface area contributed by atoms with Gasteiger partial charge >= 0.3 is 5.97 Å². The van der Waals surface area contributed by atoms with Crippen molar-refractivity contribution in [2.24, 2.45) is 0 Å². The second kappa shape index (κ2) is 7.31. The molecule has 0 radical (unpaired) electrons. The Balaban J connectivity index is 1.91. The van der Waals surface area contributed by atoms with Crippen LogP contribution in [0.4, 0.5) is 0 Å². The Morgan fingerprint density at radius 1 is 1.20 bits per heavy atom. The zero-order valence-electron chi connectivity index (χ0n) is 15.1. The van der Waals surface area contributed by atoms with Crippen molar-refractivity contribution >= 4 is 5.97 Å². The highest BCUT2D eigenvalue weighted by Gasteiger charge is 2.25. The van der Waals surface area contributed by atoms with E-state index in [9.17, 15) is 9.90 Å². The third kappa shape index (κ3) is 3.87. The Morgan fingerprint density at radius 3 is 2.52 bits per heavy atom. The Morgan fingerprint density at radius 2 is 1.88 bits per heavy atom. The number of carboxylic acids is 1. The van der Waals surface area contributed by atoms with Gasteiger partial charge in [-0.15, -0.1) is 0 Å². The zero-order chi connectivity index (χ0) is 18.0. The smallest absolute Gasteiger partial charge is 0.336 e. The summed E-state index contributed by atoms with van der Waals surface area (Å²) in [6.07, 6.45) is 2.09. The van der Waals surface area contributed by atoms with Gasteiger partial charge in [-0.05, 0) is 58.8 Å². The lowest BCUT2D eigenvalue weighted by atomic mass is 9.94. The number of carboxylic acid groups (broad SMARTS) is 1. The summed E-state index contributed by atoms with van der Waals surface area (Å²) < 4.78 is 0. The van der Waals surface area contributed by atoms with E-state index >= 15 is 0 Å². The molecule has 0 amide bonds. The van der Waals surface area contributed by atoms with Crippen molar-refractivity contribution in [2.75, 3.05) is 13.1 Å². The van der Waals surface area contributed by atoms with Gasteiger partial charge in [0.25, 0.3) is 0 Å². The fourth-order valence-electron chi connectivity index (χ4n) is 3.48. The molecule has 1 saturated heterocycles. The molecule has 1 N–H and O–H groups in total. The number of hydrogen-bond donors (Lipinski definition) is 1. The van der Waals surface area contributed by atoms with Crippen LogP contribution in [0.25, 0.3) is 11.3 Å². The molecule has 0 aliphatic carbocycles. The molecule has 1 aliphatic heterocycles. The number of likely N-dealkylation sites (tertiary alicyclic amines) is 1. The Labute approximate surface area is 148 Å². The van der Waals surface area contributed by atoms with E-state index in [1.807, 2.05) is 25.1 Å². The van der Waals surface area contributed by atoms with E-state index < -0.39 is 5.97 Å². The molecule has 2 heterocycles. The Kier molecular flexibility index (Phi) is 5.13. The van der Waals surface area contributed by atoms with Gasteiger partial charge in [0, 0.05) is 23.2 Å². The first kappa shape index (κ1) is 17.5. The molecule has 5 nitrogen and oxygen atoms in total. The number of aromatic carboxylic acids is 1. The first-order valence-electron chi connectivity index (χ1n) is 8.88.